The molecule has 0 radical (unpaired) electrons. The van der Waals surface area contributed by atoms with Crippen molar-refractivity contribution in [3.63, 3.8) is 0 Å². The fourth-order valence-corrected chi connectivity index (χ4v) is 2.10. The minimum absolute atomic E-state index is 0.821. The SMILES string of the molecule is CC.CC(C)C.CC(C)CCSc1ccccc1. The molecular formula is C17H32S. The minimum atomic E-state index is 0.821. The monoisotopic (exact) mass is 268 g/mol. The third kappa shape index (κ3) is 17.9. The van der Waals surface area contributed by atoms with Gasteiger partial charge in [-0.1, -0.05) is 66.7 Å². The van der Waals surface area contributed by atoms with Crippen LogP contribution in [0.2, 0.25) is 0 Å². The van der Waals surface area contributed by atoms with Gasteiger partial charge in [0.15, 0.2) is 0 Å². The van der Waals surface area contributed by atoms with Crippen molar-refractivity contribution in [2.75, 3.05) is 5.75 Å². The van der Waals surface area contributed by atoms with Crippen molar-refractivity contribution in [3.05, 3.63) is 30.3 Å². The standard InChI is InChI=1S/C11H16S.C4H10.C2H6/c1-10(2)8-9-12-11-6-4-3-5-7-11;1-4(2)3;1-2/h3-7,10H,8-9H2,1-2H3;4H,1-3H3;1-2H3. The molecule has 0 saturated carbocycles. The first-order valence-corrected chi connectivity index (χ1v) is 8.18. The van der Waals surface area contributed by atoms with Crippen LogP contribution >= 0.6 is 11.8 Å². The van der Waals surface area contributed by atoms with E-state index in [1.165, 1.54) is 17.1 Å². The maximum absolute atomic E-state index is 2.27. The van der Waals surface area contributed by atoms with Crippen LogP contribution in [0.1, 0.15) is 54.9 Å². The van der Waals surface area contributed by atoms with E-state index in [1.807, 2.05) is 25.6 Å². The molecule has 0 aliphatic rings. The van der Waals surface area contributed by atoms with Gasteiger partial charge in [-0.05, 0) is 36.1 Å². The Balaban J connectivity index is 0. The topological polar surface area (TPSA) is 0 Å². The largest absolute Gasteiger partial charge is 0.126 e. The Morgan fingerprint density at radius 1 is 0.889 bits per heavy atom. The molecule has 0 fully saturated rings. The highest BCUT2D eigenvalue weighted by atomic mass is 32.2. The first-order valence-electron chi connectivity index (χ1n) is 7.20. The molecule has 0 bridgehead atoms. The van der Waals surface area contributed by atoms with Gasteiger partial charge in [-0.2, -0.15) is 0 Å². The molecule has 0 atom stereocenters. The molecule has 0 unspecified atom stereocenters. The van der Waals surface area contributed by atoms with Gasteiger partial charge >= 0.3 is 0 Å². The number of thioether (sulfide) groups is 1. The van der Waals surface area contributed by atoms with E-state index >= 15 is 0 Å². The second kappa shape index (κ2) is 14.6. The van der Waals surface area contributed by atoms with Crippen molar-refractivity contribution < 1.29 is 0 Å². The van der Waals surface area contributed by atoms with Crippen LogP contribution in [0.25, 0.3) is 0 Å². The minimum Gasteiger partial charge on any atom is -0.126 e. The normalized spacial score (nSPS) is 9.39. The van der Waals surface area contributed by atoms with Crippen molar-refractivity contribution in [1.29, 1.82) is 0 Å². The highest BCUT2D eigenvalue weighted by Crippen LogP contribution is 2.19. The summed E-state index contributed by atoms with van der Waals surface area (Å²) in [6.07, 6.45) is 1.31. The molecule has 1 aromatic rings. The van der Waals surface area contributed by atoms with Crippen molar-refractivity contribution in [3.8, 4) is 0 Å². The van der Waals surface area contributed by atoms with Gasteiger partial charge in [-0.3, -0.25) is 0 Å². The third-order valence-electron chi connectivity index (χ3n) is 1.71. The van der Waals surface area contributed by atoms with Gasteiger partial charge in [0.1, 0.15) is 0 Å². The van der Waals surface area contributed by atoms with Crippen LogP contribution in [-0.2, 0) is 0 Å². The van der Waals surface area contributed by atoms with E-state index in [0.717, 1.165) is 11.8 Å². The Kier molecular flexibility index (Phi) is 16.2. The second-order valence-electron chi connectivity index (χ2n) is 5.08. The summed E-state index contributed by atoms with van der Waals surface area (Å²) < 4.78 is 0. The lowest BCUT2D eigenvalue weighted by molar-refractivity contribution is 0.632. The van der Waals surface area contributed by atoms with Crippen molar-refractivity contribution in [2.45, 2.75) is 59.8 Å². The fourth-order valence-electron chi connectivity index (χ4n) is 0.929. The number of hydrogen-bond acceptors (Lipinski definition) is 1. The summed E-state index contributed by atoms with van der Waals surface area (Å²) in [5.74, 6) is 2.89. The van der Waals surface area contributed by atoms with E-state index < -0.39 is 0 Å². The first-order chi connectivity index (χ1) is 8.52. The maximum atomic E-state index is 2.27. The van der Waals surface area contributed by atoms with E-state index in [2.05, 4.69) is 65.0 Å². The number of hydrogen-bond donors (Lipinski definition) is 0. The van der Waals surface area contributed by atoms with Crippen LogP contribution in [0.3, 0.4) is 0 Å². The summed E-state index contributed by atoms with van der Waals surface area (Å²) in [7, 11) is 0. The molecule has 0 amide bonds. The van der Waals surface area contributed by atoms with Crippen LogP contribution in [-0.4, -0.2) is 5.75 Å². The third-order valence-corrected chi connectivity index (χ3v) is 2.75. The van der Waals surface area contributed by atoms with E-state index in [1.54, 1.807) is 0 Å². The Bertz CT molecular complexity index is 236. The van der Waals surface area contributed by atoms with Crippen molar-refractivity contribution in [2.24, 2.45) is 11.8 Å². The van der Waals surface area contributed by atoms with Gasteiger partial charge < -0.3 is 0 Å². The molecule has 0 spiro atoms. The summed E-state index contributed by atoms with van der Waals surface area (Å²) in [6, 6.07) is 10.6. The Hall–Kier alpha value is -0.430. The molecule has 106 valence electrons. The van der Waals surface area contributed by atoms with E-state index in [9.17, 15) is 0 Å². The predicted octanol–water partition coefficient (Wildman–Crippen LogP) is 6.51. The molecule has 0 heterocycles. The lowest BCUT2D eigenvalue weighted by atomic mass is 10.2. The average molecular weight is 269 g/mol. The summed E-state index contributed by atoms with van der Waals surface area (Å²) in [5.41, 5.74) is 0. The van der Waals surface area contributed by atoms with E-state index in [0.29, 0.717) is 0 Å². The summed E-state index contributed by atoms with van der Waals surface area (Å²) in [5, 5.41) is 0. The molecular weight excluding hydrogens is 236 g/mol. The van der Waals surface area contributed by atoms with Gasteiger partial charge in [0.25, 0.3) is 0 Å². The van der Waals surface area contributed by atoms with Gasteiger partial charge in [-0.15, -0.1) is 11.8 Å². The zero-order valence-corrected chi connectivity index (χ0v) is 14.2. The number of benzene rings is 1. The highest BCUT2D eigenvalue weighted by Gasteiger charge is 1.95. The van der Waals surface area contributed by atoms with Crippen LogP contribution in [0.5, 0.6) is 0 Å². The van der Waals surface area contributed by atoms with Gasteiger partial charge in [-0.25, -0.2) is 0 Å². The summed E-state index contributed by atoms with van der Waals surface area (Å²) in [6.45, 7) is 15.0. The lowest BCUT2D eigenvalue weighted by Gasteiger charge is -2.03. The first kappa shape index (κ1) is 19.9. The zero-order valence-electron chi connectivity index (χ0n) is 13.4. The molecule has 0 nitrogen and oxygen atoms in total. The second-order valence-corrected chi connectivity index (χ2v) is 6.24. The highest BCUT2D eigenvalue weighted by molar-refractivity contribution is 7.99. The molecule has 1 aromatic carbocycles. The van der Waals surface area contributed by atoms with Gasteiger partial charge in [0.05, 0.1) is 0 Å². The van der Waals surface area contributed by atoms with Crippen LogP contribution in [0.15, 0.2) is 35.2 Å². The molecule has 0 aromatic heterocycles. The Morgan fingerprint density at radius 3 is 1.72 bits per heavy atom. The molecule has 1 heteroatoms. The van der Waals surface area contributed by atoms with Crippen molar-refractivity contribution in [1.82, 2.24) is 0 Å². The Morgan fingerprint density at radius 2 is 1.33 bits per heavy atom. The fraction of sp³-hybridized carbons (Fsp3) is 0.647. The van der Waals surface area contributed by atoms with Gasteiger partial charge in [0.2, 0.25) is 0 Å². The van der Waals surface area contributed by atoms with Crippen molar-refractivity contribution >= 4 is 11.8 Å². The molecule has 18 heavy (non-hydrogen) atoms. The maximum Gasteiger partial charge on any atom is 0.00719 e. The van der Waals surface area contributed by atoms with E-state index in [-0.39, 0.29) is 0 Å². The average Bonchev–Trinajstić information content (AvgIpc) is 2.32. The lowest BCUT2D eigenvalue weighted by Crippen LogP contribution is -1.88. The predicted molar refractivity (Wildman–Crippen MR) is 88.5 cm³/mol. The molecule has 0 saturated heterocycles. The molecule has 0 N–H and O–H groups in total. The van der Waals surface area contributed by atoms with E-state index in [4.69, 9.17) is 0 Å². The van der Waals surface area contributed by atoms with Crippen LogP contribution in [0, 0.1) is 11.8 Å². The molecule has 0 aliphatic heterocycles. The summed E-state index contributed by atoms with van der Waals surface area (Å²) in [4.78, 5) is 1.39. The van der Waals surface area contributed by atoms with Gasteiger partial charge in [0, 0.05) is 4.90 Å². The quantitative estimate of drug-likeness (QED) is 0.561. The Labute approximate surface area is 120 Å². The van der Waals surface area contributed by atoms with Crippen LogP contribution in [0.4, 0.5) is 0 Å². The molecule has 1 rings (SSSR count). The van der Waals surface area contributed by atoms with Crippen LogP contribution < -0.4 is 0 Å². The summed E-state index contributed by atoms with van der Waals surface area (Å²) >= 11 is 1.95. The smallest absolute Gasteiger partial charge is 0.00719 e. The molecule has 0 aliphatic carbocycles. The zero-order chi connectivity index (χ0) is 14.4. The number of rotatable bonds is 4.